The number of carbonyl (C=O) groups is 1. The molecule has 1 aromatic carbocycles. The van der Waals surface area contributed by atoms with E-state index in [1.54, 1.807) is 12.1 Å². The molecule has 0 spiro atoms. The third-order valence-corrected chi connectivity index (χ3v) is 6.43. The molecule has 0 radical (unpaired) electrons. The Labute approximate surface area is 149 Å². The quantitative estimate of drug-likeness (QED) is 0.835. The predicted molar refractivity (Wildman–Crippen MR) is 95.0 cm³/mol. The summed E-state index contributed by atoms with van der Waals surface area (Å²) in [5.74, 6) is -0.0512. The van der Waals surface area contributed by atoms with Crippen molar-refractivity contribution in [2.45, 2.75) is 48.7 Å². The second-order valence-corrected chi connectivity index (χ2v) is 8.30. The second-order valence-electron chi connectivity index (χ2n) is 6.41. The highest BCUT2D eigenvalue weighted by Gasteiger charge is 2.36. The van der Waals surface area contributed by atoms with E-state index in [1.165, 1.54) is 32.0 Å². The first-order valence-corrected chi connectivity index (χ1v) is 9.46. The molecule has 2 fully saturated rings. The first-order chi connectivity index (χ1) is 10.9. The van der Waals surface area contributed by atoms with Gasteiger partial charge in [0, 0.05) is 30.7 Å². The Kier molecular flexibility index (Phi) is 5.91. The molecule has 6 nitrogen and oxygen atoms in total. The first kappa shape index (κ1) is 19.2. The minimum Gasteiger partial charge on any atom is -0.339 e. The molecule has 3 rings (SSSR count). The number of benzene rings is 1. The number of hydrogen-bond donors (Lipinski definition) is 2. The summed E-state index contributed by atoms with van der Waals surface area (Å²) in [7, 11) is -0.259. The van der Waals surface area contributed by atoms with Gasteiger partial charge in [0.2, 0.25) is 10.0 Å². The lowest BCUT2D eigenvalue weighted by molar-refractivity contribution is 0.0681. The number of halogens is 1. The molecule has 1 aromatic rings. The zero-order valence-electron chi connectivity index (χ0n) is 13.9. The Morgan fingerprint density at radius 2 is 1.71 bits per heavy atom. The van der Waals surface area contributed by atoms with Crippen LogP contribution in [0, 0.1) is 0 Å². The SMILES string of the molecule is CNS(=O)(=O)c1ccc(C(=O)N(C)C2CC3CCC(C2)N3)cc1.Cl. The monoisotopic (exact) mass is 373 g/mol. The van der Waals surface area contributed by atoms with Gasteiger partial charge in [-0.25, -0.2) is 13.1 Å². The van der Waals surface area contributed by atoms with Crippen molar-refractivity contribution in [2.24, 2.45) is 0 Å². The van der Waals surface area contributed by atoms with Crippen LogP contribution in [0.4, 0.5) is 0 Å². The van der Waals surface area contributed by atoms with Crippen molar-refractivity contribution in [1.82, 2.24) is 14.9 Å². The molecule has 24 heavy (non-hydrogen) atoms. The van der Waals surface area contributed by atoms with Gasteiger partial charge in [-0.2, -0.15) is 0 Å². The van der Waals surface area contributed by atoms with E-state index in [0.29, 0.717) is 17.6 Å². The van der Waals surface area contributed by atoms with E-state index >= 15 is 0 Å². The molecule has 2 aliphatic heterocycles. The van der Waals surface area contributed by atoms with Crippen LogP contribution in [-0.2, 0) is 10.0 Å². The largest absolute Gasteiger partial charge is 0.339 e. The van der Waals surface area contributed by atoms with Gasteiger partial charge in [0.05, 0.1) is 4.90 Å². The van der Waals surface area contributed by atoms with Gasteiger partial charge >= 0.3 is 0 Å². The van der Waals surface area contributed by atoms with Gasteiger partial charge in [-0.05, 0) is 57.0 Å². The fourth-order valence-electron chi connectivity index (χ4n) is 3.61. The van der Waals surface area contributed by atoms with Gasteiger partial charge in [0.25, 0.3) is 5.91 Å². The zero-order chi connectivity index (χ0) is 16.6. The lowest BCUT2D eigenvalue weighted by atomic mass is 9.98. The van der Waals surface area contributed by atoms with Gasteiger partial charge in [0.15, 0.2) is 0 Å². The first-order valence-electron chi connectivity index (χ1n) is 7.97. The molecule has 2 aliphatic rings. The maximum Gasteiger partial charge on any atom is 0.253 e. The number of carbonyl (C=O) groups excluding carboxylic acids is 1. The molecular weight excluding hydrogens is 350 g/mol. The fraction of sp³-hybridized carbons (Fsp3) is 0.562. The fourth-order valence-corrected chi connectivity index (χ4v) is 4.34. The molecule has 2 bridgehead atoms. The van der Waals surface area contributed by atoms with Crippen LogP contribution >= 0.6 is 12.4 Å². The van der Waals surface area contributed by atoms with Crippen molar-refractivity contribution in [2.75, 3.05) is 14.1 Å². The van der Waals surface area contributed by atoms with E-state index in [1.807, 2.05) is 11.9 Å². The number of fused-ring (bicyclic) bond motifs is 2. The van der Waals surface area contributed by atoms with E-state index in [0.717, 1.165) is 12.8 Å². The van der Waals surface area contributed by atoms with Crippen LogP contribution in [0.1, 0.15) is 36.0 Å². The molecule has 2 heterocycles. The molecule has 0 saturated carbocycles. The molecule has 0 aromatic heterocycles. The number of rotatable bonds is 4. The summed E-state index contributed by atoms with van der Waals surface area (Å²) in [6.07, 6.45) is 4.37. The summed E-state index contributed by atoms with van der Waals surface area (Å²) in [4.78, 5) is 14.6. The van der Waals surface area contributed by atoms with Crippen LogP contribution in [0.25, 0.3) is 0 Å². The van der Waals surface area contributed by atoms with Crippen molar-refractivity contribution in [1.29, 1.82) is 0 Å². The standard InChI is InChI=1S/C16H23N3O3S.ClH/c1-17-23(21,22)15-7-3-11(4-8-15)16(20)19(2)14-9-12-5-6-13(10-14)18-12;/h3-4,7-8,12-14,17-18H,5-6,9-10H2,1-2H3;1H. The topological polar surface area (TPSA) is 78.5 Å². The molecule has 2 unspecified atom stereocenters. The van der Waals surface area contributed by atoms with Crippen LogP contribution in [0.2, 0.25) is 0 Å². The van der Waals surface area contributed by atoms with Crippen LogP contribution in [0.15, 0.2) is 29.2 Å². The molecule has 2 saturated heterocycles. The van der Waals surface area contributed by atoms with Gasteiger partial charge < -0.3 is 10.2 Å². The normalized spacial score (nSPS) is 25.8. The Morgan fingerprint density at radius 3 is 2.21 bits per heavy atom. The van der Waals surface area contributed by atoms with Gasteiger partial charge in [-0.15, -0.1) is 12.4 Å². The average Bonchev–Trinajstić information content (AvgIpc) is 2.91. The van der Waals surface area contributed by atoms with Crippen molar-refractivity contribution in [3.63, 3.8) is 0 Å². The summed E-state index contributed by atoms with van der Waals surface area (Å²) in [6, 6.07) is 7.41. The third kappa shape index (κ3) is 3.74. The van der Waals surface area contributed by atoms with E-state index in [9.17, 15) is 13.2 Å². The zero-order valence-corrected chi connectivity index (χ0v) is 15.5. The average molecular weight is 374 g/mol. The van der Waals surface area contributed by atoms with Crippen molar-refractivity contribution >= 4 is 28.3 Å². The van der Waals surface area contributed by atoms with Crippen LogP contribution in [-0.4, -0.2) is 51.4 Å². The van der Waals surface area contributed by atoms with Gasteiger partial charge in [-0.1, -0.05) is 0 Å². The molecule has 1 amide bonds. The molecular formula is C16H24ClN3O3S. The van der Waals surface area contributed by atoms with E-state index in [-0.39, 0.29) is 29.3 Å². The highest BCUT2D eigenvalue weighted by atomic mass is 35.5. The van der Waals surface area contributed by atoms with Crippen LogP contribution in [0.3, 0.4) is 0 Å². The molecule has 8 heteroatoms. The summed E-state index contributed by atoms with van der Waals surface area (Å²) in [6.45, 7) is 0. The molecule has 134 valence electrons. The molecule has 2 atom stereocenters. The third-order valence-electron chi connectivity index (χ3n) is 5.00. The summed E-state index contributed by atoms with van der Waals surface area (Å²) in [5, 5.41) is 3.57. The Balaban J connectivity index is 0.00000208. The number of amides is 1. The molecule has 2 N–H and O–H groups in total. The highest BCUT2D eigenvalue weighted by Crippen LogP contribution is 2.29. The minimum absolute atomic E-state index is 0. The maximum atomic E-state index is 12.6. The lowest BCUT2D eigenvalue weighted by Gasteiger charge is -2.35. The van der Waals surface area contributed by atoms with E-state index in [2.05, 4.69) is 10.0 Å². The van der Waals surface area contributed by atoms with Crippen molar-refractivity contribution < 1.29 is 13.2 Å². The summed E-state index contributed by atoms with van der Waals surface area (Å²) < 4.78 is 25.7. The Bertz CT molecular complexity index is 681. The Hall–Kier alpha value is -1.15. The van der Waals surface area contributed by atoms with E-state index < -0.39 is 10.0 Å². The predicted octanol–water partition coefficient (Wildman–Crippen LogP) is 1.37. The van der Waals surface area contributed by atoms with Gasteiger partial charge in [-0.3, -0.25) is 4.79 Å². The van der Waals surface area contributed by atoms with Crippen molar-refractivity contribution in [3.05, 3.63) is 29.8 Å². The summed E-state index contributed by atoms with van der Waals surface area (Å²) in [5.41, 5.74) is 0.522. The number of piperidine rings is 1. The number of hydrogen-bond acceptors (Lipinski definition) is 4. The maximum absolute atomic E-state index is 12.6. The second kappa shape index (κ2) is 7.39. The highest BCUT2D eigenvalue weighted by molar-refractivity contribution is 7.89. The number of nitrogens with one attached hydrogen (secondary N) is 2. The van der Waals surface area contributed by atoms with Gasteiger partial charge in [0.1, 0.15) is 0 Å². The number of nitrogens with zero attached hydrogens (tertiary/aromatic N) is 1. The molecule has 0 aliphatic carbocycles. The van der Waals surface area contributed by atoms with Crippen molar-refractivity contribution in [3.8, 4) is 0 Å². The number of sulfonamides is 1. The minimum atomic E-state index is -3.47. The van der Waals surface area contributed by atoms with Crippen LogP contribution < -0.4 is 10.0 Å². The lowest BCUT2D eigenvalue weighted by Crippen LogP contribution is -2.48. The van der Waals surface area contributed by atoms with Crippen LogP contribution in [0.5, 0.6) is 0 Å². The smallest absolute Gasteiger partial charge is 0.253 e. The Morgan fingerprint density at radius 1 is 1.17 bits per heavy atom. The summed E-state index contributed by atoms with van der Waals surface area (Å²) >= 11 is 0. The van der Waals surface area contributed by atoms with E-state index in [4.69, 9.17) is 0 Å².